The first kappa shape index (κ1) is 34.4. The van der Waals surface area contributed by atoms with Crippen LogP contribution in [0, 0.1) is 11.7 Å². The molecule has 45 heavy (non-hydrogen) atoms. The number of hydrogen-bond acceptors (Lipinski definition) is 6. The van der Waals surface area contributed by atoms with E-state index in [9.17, 15) is 4.39 Å². The fourth-order valence-corrected chi connectivity index (χ4v) is 5.63. The number of benzene rings is 3. The molecule has 8 heteroatoms. The lowest BCUT2D eigenvalue weighted by molar-refractivity contribution is -0.0594. The van der Waals surface area contributed by atoms with Gasteiger partial charge in [0.15, 0.2) is 11.6 Å². The standard InChI is InChI=1S/C37H48FO6P/c1-28-42-25-29(26-43-28)27-44-34-19-17-33(18-20-34)41-22-12-10-8-6-4-3-5-7-9-11-21-40-32-15-13-30(14-16-32)31-23-35(38)37(39-2)36(45)24-31/h13-20,23-24,29H,1,3-12,21-22,25-27,45H2,2H3. The first-order valence-corrected chi connectivity index (χ1v) is 16.8. The van der Waals surface area contributed by atoms with Crippen LogP contribution in [-0.4, -0.2) is 40.1 Å². The van der Waals surface area contributed by atoms with Crippen LogP contribution in [0.3, 0.4) is 0 Å². The first-order valence-electron chi connectivity index (χ1n) is 16.2. The zero-order valence-electron chi connectivity index (χ0n) is 26.6. The summed E-state index contributed by atoms with van der Waals surface area (Å²) >= 11 is 0. The Morgan fingerprint density at radius 2 is 1.16 bits per heavy atom. The minimum Gasteiger partial charge on any atom is -0.494 e. The molecule has 1 aliphatic rings. The van der Waals surface area contributed by atoms with Crippen LogP contribution in [0.5, 0.6) is 23.0 Å². The number of methoxy groups -OCH3 is 1. The maximum Gasteiger partial charge on any atom is 0.271 e. The molecule has 0 bridgehead atoms. The van der Waals surface area contributed by atoms with Crippen LogP contribution >= 0.6 is 9.24 Å². The second-order valence-corrected chi connectivity index (χ2v) is 12.1. The van der Waals surface area contributed by atoms with E-state index in [1.165, 1.54) is 64.5 Å². The van der Waals surface area contributed by atoms with E-state index in [0.717, 1.165) is 54.4 Å². The van der Waals surface area contributed by atoms with Gasteiger partial charge in [-0.2, -0.15) is 0 Å². The lowest BCUT2D eigenvalue weighted by Crippen LogP contribution is -2.27. The average molecular weight is 639 g/mol. The van der Waals surface area contributed by atoms with E-state index >= 15 is 0 Å². The van der Waals surface area contributed by atoms with Gasteiger partial charge in [-0.3, -0.25) is 0 Å². The van der Waals surface area contributed by atoms with Gasteiger partial charge in [-0.05, 0) is 79.1 Å². The van der Waals surface area contributed by atoms with E-state index in [1.807, 2.05) is 54.6 Å². The molecule has 4 rings (SSSR count). The Labute approximate surface area is 270 Å². The van der Waals surface area contributed by atoms with Gasteiger partial charge in [0.1, 0.15) is 30.5 Å². The highest BCUT2D eigenvalue weighted by Crippen LogP contribution is 2.27. The van der Waals surface area contributed by atoms with Gasteiger partial charge in [0.2, 0.25) is 0 Å². The van der Waals surface area contributed by atoms with Gasteiger partial charge in [-0.1, -0.05) is 63.5 Å². The molecule has 1 saturated heterocycles. The van der Waals surface area contributed by atoms with Crippen LogP contribution in [0.15, 0.2) is 73.2 Å². The molecule has 0 aliphatic carbocycles. The largest absolute Gasteiger partial charge is 0.494 e. The summed E-state index contributed by atoms with van der Waals surface area (Å²) < 4.78 is 47.6. The number of halogens is 1. The van der Waals surface area contributed by atoms with E-state index < -0.39 is 0 Å². The number of ether oxygens (including phenoxy) is 6. The molecule has 3 aromatic carbocycles. The van der Waals surface area contributed by atoms with Crippen LogP contribution in [-0.2, 0) is 9.47 Å². The van der Waals surface area contributed by atoms with Crippen molar-refractivity contribution in [2.24, 2.45) is 5.92 Å². The third kappa shape index (κ3) is 12.1. The van der Waals surface area contributed by atoms with Crippen molar-refractivity contribution in [3.05, 3.63) is 79.0 Å². The molecule has 0 spiro atoms. The van der Waals surface area contributed by atoms with Crippen LogP contribution in [0.25, 0.3) is 11.1 Å². The molecule has 0 radical (unpaired) electrons. The summed E-state index contributed by atoms with van der Waals surface area (Å²) in [6.07, 6.45) is 12.2. The minimum atomic E-state index is -0.363. The summed E-state index contributed by atoms with van der Waals surface area (Å²) in [7, 11) is 4.00. The molecule has 1 unspecified atom stereocenters. The highest BCUT2D eigenvalue weighted by Gasteiger charge is 2.18. The monoisotopic (exact) mass is 638 g/mol. The van der Waals surface area contributed by atoms with E-state index in [-0.39, 0.29) is 17.5 Å². The lowest BCUT2D eigenvalue weighted by Gasteiger charge is -2.24. The van der Waals surface area contributed by atoms with E-state index in [1.54, 1.807) is 0 Å². The van der Waals surface area contributed by atoms with Gasteiger partial charge in [0.25, 0.3) is 5.95 Å². The van der Waals surface area contributed by atoms with Gasteiger partial charge >= 0.3 is 0 Å². The van der Waals surface area contributed by atoms with Gasteiger partial charge in [0.05, 0.1) is 32.8 Å². The highest BCUT2D eigenvalue weighted by atomic mass is 31.0. The highest BCUT2D eigenvalue weighted by molar-refractivity contribution is 7.27. The van der Waals surface area contributed by atoms with Crippen molar-refractivity contribution in [3.63, 3.8) is 0 Å². The van der Waals surface area contributed by atoms with Crippen LogP contribution in [0.4, 0.5) is 4.39 Å². The Hall–Kier alpha value is -3.44. The fraction of sp³-hybridized carbons (Fsp3) is 0.459. The first-order chi connectivity index (χ1) is 22.0. The summed E-state index contributed by atoms with van der Waals surface area (Å²) in [5, 5.41) is 0.699. The molecule has 0 N–H and O–H groups in total. The molecule has 0 amide bonds. The summed E-state index contributed by atoms with van der Waals surface area (Å²) in [6, 6.07) is 19.0. The Morgan fingerprint density at radius 1 is 0.689 bits per heavy atom. The van der Waals surface area contributed by atoms with Crippen LogP contribution < -0.4 is 24.3 Å². The zero-order chi connectivity index (χ0) is 31.7. The van der Waals surface area contributed by atoms with Crippen LogP contribution in [0.1, 0.15) is 64.2 Å². The molecule has 1 heterocycles. The summed E-state index contributed by atoms with van der Waals surface area (Å²) in [4.78, 5) is 0. The molecular formula is C37H48FO6P. The van der Waals surface area contributed by atoms with Gasteiger partial charge in [0, 0.05) is 5.30 Å². The summed E-state index contributed by atoms with van der Waals surface area (Å²) in [6.45, 7) is 6.82. The quantitative estimate of drug-likeness (QED) is 0.0911. The van der Waals surface area contributed by atoms with E-state index in [4.69, 9.17) is 28.4 Å². The van der Waals surface area contributed by atoms with Crippen LogP contribution in [0.2, 0.25) is 0 Å². The Morgan fingerprint density at radius 3 is 1.64 bits per heavy atom. The second kappa shape index (κ2) is 19.2. The van der Waals surface area contributed by atoms with Crippen molar-refractivity contribution in [1.29, 1.82) is 0 Å². The molecule has 244 valence electrons. The average Bonchev–Trinajstić information content (AvgIpc) is 3.05. The molecule has 0 aromatic heterocycles. The predicted molar refractivity (Wildman–Crippen MR) is 181 cm³/mol. The van der Waals surface area contributed by atoms with Crippen molar-refractivity contribution in [3.8, 4) is 34.1 Å². The molecule has 3 aromatic rings. The van der Waals surface area contributed by atoms with Crippen molar-refractivity contribution in [2.75, 3.05) is 40.1 Å². The Bertz CT molecular complexity index is 1260. The molecule has 1 atom stereocenters. The predicted octanol–water partition coefficient (Wildman–Crippen LogP) is 8.87. The van der Waals surface area contributed by atoms with E-state index in [2.05, 4.69) is 15.8 Å². The maximum absolute atomic E-state index is 14.2. The van der Waals surface area contributed by atoms with E-state index in [0.29, 0.717) is 31.1 Å². The van der Waals surface area contributed by atoms with Gasteiger partial charge in [-0.25, -0.2) is 4.39 Å². The molecule has 1 aliphatic heterocycles. The molecule has 6 nitrogen and oxygen atoms in total. The van der Waals surface area contributed by atoms with Gasteiger partial charge < -0.3 is 28.4 Å². The Kier molecular flexibility index (Phi) is 14.7. The SMILES string of the molecule is C=C1OCC(COc2ccc(OCCCCCCCCCCCCOc3ccc(-c4cc(F)c(OC)c(P)c4)cc3)cc2)CO1. The number of hydrogen-bond donors (Lipinski definition) is 0. The third-order valence-electron chi connectivity index (χ3n) is 7.81. The summed E-state index contributed by atoms with van der Waals surface area (Å²) in [5.74, 6) is 3.04. The molecule has 1 fully saturated rings. The van der Waals surface area contributed by atoms with Crippen molar-refractivity contribution >= 4 is 14.5 Å². The second-order valence-electron chi connectivity index (χ2n) is 11.5. The maximum atomic E-state index is 14.2. The lowest BCUT2D eigenvalue weighted by atomic mass is 10.1. The number of unbranched alkanes of at least 4 members (excludes halogenated alkanes) is 9. The Balaban J connectivity index is 0.940. The van der Waals surface area contributed by atoms with Crippen molar-refractivity contribution in [1.82, 2.24) is 0 Å². The normalized spacial score (nSPS) is 13.2. The topological polar surface area (TPSA) is 55.4 Å². The van der Waals surface area contributed by atoms with Crippen molar-refractivity contribution < 1.29 is 32.8 Å². The third-order valence-corrected chi connectivity index (χ3v) is 8.24. The molecule has 0 saturated carbocycles. The van der Waals surface area contributed by atoms with Crippen molar-refractivity contribution in [2.45, 2.75) is 64.2 Å². The minimum absolute atomic E-state index is 0.209. The fourth-order valence-electron chi connectivity index (χ4n) is 5.19. The van der Waals surface area contributed by atoms with Gasteiger partial charge in [-0.15, -0.1) is 9.24 Å². The smallest absolute Gasteiger partial charge is 0.271 e. The zero-order valence-corrected chi connectivity index (χ0v) is 27.7. The number of rotatable bonds is 20. The summed E-state index contributed by atoms with van der Waals surface area (Å²) in [5.41, 5.74) is 1.76. The molecular weight excluding hydrogens is 590 g/mol.